The van der Waals surface area contributed by atoms with Crippen LogP contribution in [0.25, 0.3) is 0 Å². The molecular weight excluding hydrogens is 481 g/mol. The van der Waals surface area contributed by atoms with Crippen LogP contribution in [-0.2, 0) is 11.3 Å². The van der Waals surface area contributed by atoms with Crippen molar-refractivity contribution in [2.24, 2.45) is 10.4 Å². The van der Waals surface area contributed by atoms with Gasteiger partial charge in [-0.3, -0.25) is 4.99 Å². The average Bonchev–Trinajstić information content (AvgIpc) is 3.20. The fourth-order valence-electron chi connectivity index (χ4n) is 3.99. The highest BCUT2D eigenvalue weighted by atomic mass is 127. The number of ether oxygens (including phenoxy) is 3. The molecule has 27 heavy (non-hydrogen) atoms. The zero-order valence-corrected chi connectivity index (χ0v) is 18.7. The molecule has 3 heterocycles. The van der Waals surface area contributed by atoms with Crippen molar-refractivity contribution in [3.05, 3.63) is 22.7 Å². The quantitative estimate of drug-likeness (QED) is 0.378. The normalized spacial score (nSPS) is 24.7. The second-order valence-electron chi connectivity index (χ2n) is 7.33. The number of benzene rings is 1. The van der Waals surface area contributed by atoms with Crippen molar-refractivity contribution in [3.8, 4) is 11.5 Å². The molecule has 1 aromatic rings. The first-order chi connectivity index (χ1) is 12.7. The summed E-state index contributed by atoms with van der Waals surface area (Å²) in [5, 5.41) is 4.06. The van der Waals surface area contributed by atoms with E-state index < -0.39 is 0 Å². The van der Waals surface area contributed by atoms with E-state index in [1.165, 1.54) is 6.42 Å². The Bertz CT molecular complexity index is 695. The van der Waals surface area contributed by atoms with Crippen molar-refractivity contribution in [1.29, 1.82) is 0 Å². The first-order valence-corrected chi connectivity index (χ1v) is 9.68. The van der Waals surface area contributed by atoms with Crippen molar-refractivity contribution >= 4 is 41.5 Å². The van der Waals surface area contributed by atoms with Crippen molar-refractivity contribution in [1.82, 2.24) is 10.2 Å². The minimum absolute atomic E-state index is 0. The van der Waals surface area contributed by atoms with Crippen LogP contribution in [0.5, 0.6) is 11.5 Å². The standard InChI is InChI=1S/C19H26ClN3O3.HI/c1-21-18(23-5-3-19(12-23)4-8-24-13-19)22-11-14-9-15(20)17-16(10-14)25-6-2-7-26-17;/h9-10H,2-8,11-13H2,1H3,(H,21,22);1H. The summed E-state index contributed by atoms with van der Waals surface area (Å²) >= 11 is 6.39. The van der Waals surface area contributed by atoms with Crippen molar-refractivity contribution < 1.29 is 14.2 Å². The van der Waals surface area contributed by atoms with Gasteiger partial charge in [0, 0.05) is 45.1 Å². The molecule has 0 bridgehead atoms. The lowest BCUT2D eigenvalue weighted by Gasteiger charge is -2.25. The van der Waals surface area contributed by atoms with E-state index in [0.29, 0.717) is 35.9 Å². The molecule has 8 heteroatoms. The van der Waals surface area contributed by atoms with E-state index in [2.05, 4.69) is 15.2 Å². The Morgan fingerprint density at radius 1 is 1.26 bits per heavy atom. The lowest BCUT2D eigenvalue weighted by Crippen LogP contribution is -2.41. The smallest absolute Gasteiger partial charge is 0.193 e. The lowest BCUT2D eigenvalue weighted by molar-refractivity contribution is 0.156. The molecule has 2 fully saturated rings. The van der Waals surface area contributed by atoms with Crippen LogP contribution >= 0.6 is 35.6 Å². The fraction of sp³-hybridized carbons (Fsp3) is 0.632. The maximum absolute atomic E-state index is 6.39. The molecule has 0 aliphatic carbocycles. The topological polar surface area (TPSA) is 55.3 Å². The van der Waals surface area contributed by atoms with Gasteiger partial charge in [-0.15, -0.1) is 24.0 Å². The Hall–Kier alpha value is -0.930. The molecule has 0 saturated carbocycles. The van der Waals surface area contributed by atoms with Gasteiger partial charge in [-0.2, -0.15) is 0 Å². The summed E-state index contributed by atoms with van der Waals surface area (Å²) < 4.78 is 17.1. The molecule has 0 amide bonds. The van der Waals surface area contributed by atoms with Crippen LogP contribution in [0.4, 0.5) is 0 Å². The van der Waals surface area contributed by atoms with Crippen LogP contribution in [-0.4, -0.2) is 57.4 Å². The van der Waals surface area contributed by atoms with E-state index in [1.54, 1.807) is 0 Å². The molecule has 1 N–H and O–H groups in total. The molecule has 0 radical (unpaired) electrons. The van der Waals surface area contributed by atoms with Gasteiger partial charge in [-0.25, -0.2) is 0 Å². The highest BCUT2D eigenvalue weighted by Gasteiger charge is 2.42. The second-order valence-corrected chi connectivity index (χ2v) is 7.74. The maximum Gasteiger partial charge on any atom is 0.193 e. The number of likely N-dealkylation sites (tertiary alicyclic amines) is 1. The van der Waals surface area contributed by atoms with E-state index in [1.807, 2.05) is 19.2 Å². The van der Waals surface area contributed by atoms with E-state index >= 15 is 0 Å². The third-order valence-corrected chi connectivity index (χ3v) is 5.73. The first kappa shape index (κ1) is 20.8. The molecular formula is C19H27ClIN3O3. The Morgan fingerprint density at radius 2 is 2.11 bits per heavy atom. The van der Waals surface area contributed by atoms with Gasteiger partial charge in [0.25, 0.3) is 0 Å². The molecule has 150 valence electrons. The van der Waals surface area contributed by atoms with Gasteiger partial charge in [-0.1, -0.05) is 11.6 Å². The number of hydrogen-bond donors (Lipinski definition) is 1. The Labute approximate surface area is 182 Å². The molecule has 6 nitrogen and oxygen atoms in total. The largest absolute Gasteiger partial charge is 0.489 e. The highest BCUT2D eigenvalue weighted by Crippen LogP contribution is 2.39. The van der Waals surface area contributed by atoms with E-state index in [9.17, 15) is 0 Å². The summed E-state index contributed by atoms with van der Waals surface area (Å²) in [7, 11) is 1.83. The van der Waals surface area contributed by atoms with E-state index in [4.69, 9.17) is 25.8 Å². The van der Waals surface area contributed by atoms with Crippen LogP contribution in [0.1, 0.15) is 24.8 Å². The zero-order valence-electron chi connectivity index (χ0n) is 15.6. The van der Waals surface area contributed by atoms with Crippen molar-refractivity contribution in [2.45, 2.75) is 25.8 Å². The average molecular weight is 508 g/mol. The molecule has 1 unspecified atom stereocenters. The minimum atomic E-state index is 0. The SMILES string of the molecule is CN=C(NCc1cc(Cl)c2c(c1)OCCCO2)N1CCC2(CCOC2)C1.I. The zero-order chi connectivity index (χ0) is 18.0. The summed E-state index contributed by atoms with van der Waals surface area (Å²) in [6.07, 6.45) is 3.19. The third kappa shape index (κ3) is 4.56. The number of fused-ring (bicyclic) bond motifs is 1. The molecule has 2 saturated heterocycles. The number of hydrogen-bond acceptors (Lipinski definition) is 4. The number of rotatable bonds is 2. The van der Waals surface area contributed by atoms with Crippen molar-refractivity contribution in [2.75, 3.05) is 46.6 Å². The molecule has 3 aliphatic rings. The van der Waals surface area contributed by atoms with Gasteiger partial charge in [0.05, 0.1) is 24.8 Å². The van der Waals surface area contributed by atoms with Gasteiger partial charge >= 0.3 is 0 Å². The first-order valence-electron chi connectivity index (χ1n) is 9.30. The summed E-state index contributed by atoms with van der Waals surface area (Å²) in [6, 6.07) is 3.94. The van der Waals surface area contributed by atoms with Gasteiger partial charge in [0.15, 0.2) is 17.5 Å². The minimum Gasteiger partial charge on any atom is -0.489 e. The van der Waals surface area contributed by atoms with E-state index in [-0.39, 0.29) is 24.0 Å². The number of nitrogens with zero attached hydrogens (tertiary/aromatic N) is 2. The summed E-state index contributed by atoms with van der Waals surface area (Å²) in [5.74, 6) is 2.31. The third-order valence-electron chi connectivity index (χ3n) is 5.45. The number of halogens is 2. The molecule has 1 atom stereocenters. The van der Waals surface area contributed by atoms with Crippen LogP contribution in [0.15, 0.2) is 17.1 Å². The van der Waals surface area contributed by atoms with Gasteiger partial charge in [0.2, 0.25) is 0 Å². The van der Waals surface area contributed by atoms with Crippen LogP contribution < -0.4 is 14.8 Å². The molecule has 3 aliphatic heterocycles. The number of guanidine groups is 1. The van der Waals surface area contributed by atoms with Crippen LogP contribution in [0.3, 0.4) is 0 Å². The van der Waals surface area contributed by atoms with Crippen LogP contribution in [0, 0.1) is 5.41 Å². The Morgan fingerprint density at radius 3 is 2.89 bits per heavy atom. The molecule has 0 aromatic heterocycles. The number of nitrogens with one attached hydrogen (secondary N) is 1. The number of aliphatic imine (C=N–C) groups is 1. The van der Waals surface area contributed by atoms with Gasteiger partial charge < -0.3 is 24.4 Å². The molecule has 1 spiro atoms. The monoisotopic (exact) mass is 507 g/mol. The van der Waals surface area contributed by atoms with Crippen LogP contribution in [0.2, 0.25) is 5.02 Å². The van der Waals surface area contributed by atoms with Crippen molar-refractivity contribution in [3.63, 3.8) is 0 Å². The fourth-order valence-corrected chi connectivity index (χ4v) is 4.27. The summed E-state index contributed by atoms with van der Waals surface area (Å²) in [4.78, 5) is 6.80. The molecule has 4 rings (SSSR count). The Kier molecular flexibility index (Phi) is 6.97. The summed E-state index contributed by atoms with van der Waals surface area (Å²) in [6.45, 7) is 5.72. The summed E-state index contributed by atoms with van der Waals surface area (Å²) in [5.41, 5.74) is 1.37. The predicted octanol–water partition coefficient (Wildman–Crippen LogP) is 3.31. The van der Waals surface area contributed by atoms with Gasteiger partial charge in [0.1, 0.15) is 0 Å². The highest BCUT2D eigenvalue weighted by molar-refractivity contribution is 14.0. The molecule has 1 aromatic carbocycles. The lowest BCUT2D eigenvalue weighted by atomic mass is 9.87. The van der Waals surface area contributed by atoms with Gasteiger partial charge in [-0.05, 0) is 30.5 Å². The maximum atomic E-state index is 6.39. The Balaban J connectivity index is 0.00000210. The second kappa shape index (κ2) is 9.05. The predicted molar refractivity (Wildman–Crippen MR) is 117 cm³/mol. The van der Waals surface area contributed by atoms with E-state index in [0.717, 1.165) is 56.4 Å².